The van der Waals surface area contributed by atoms with Crippen LogP contribution in [0.2, 0.25) is 0 Å². The molecule has 0 amide bonds. The Balaban J connectivity index is 1.68. The average molecular weight is 401 g/mol. The standard InChI is InChI=1S/C25H36O4/c1-6-28-19-9-12-23(4)18(15-19)7-8-20-21(23)10-13-24(5)22(20)11-14-25(24,16(2)26)29-17(3)27/h7,15,20-22H,6,8-14H2,1-5H3/t20-,21+,22+,23+,24-,25+/m1/s1. The zero-order valence-electron chi connectivity index (χ0n) is 18.7. The molecule has 0 aromatic rings. The number of esters is 1. The van der Waals surface area contributed by atoms with Gasteiger partial charge < -0.3 is 9.47 Å². The maximum absolute atomic E-state index is 12.8. The highest BCUT2D eigenvalue weighted by atomic mass is 16.6. The van der Waals surface area contributed by atoms with E-state index in [2.05, 4.69) is 26.0 Å². The zero-order chi connectivity index (χ0) is 21.0. The third-order valence-corrected chi connectivity index (χ3v) is 9.07. The summed E-state index contributed by atoms with van der Waals surface area (Å²) in [5, 5.41) is 0. The van der Waals surface area contributed by atoms with Crippen LogP contribution in [-0.2, 0) is 19.1 Å². The van der Waals surface area contributed by atoms with E-state index in [4.69, 9.17) is 9.47 Å². The Morgan fingerprint density at radius 3 is 2.48 bits per heavy atom. The molecule has 0 radical (unpaired) electrons. The average Bonchev–Trinajstić information content (AvgIpc) is 2.95. The molecular formula is C25H36O4. The fourth-order valence-corrected chi connectivity index (χ4v) is 7.66. The molecule has 4 rings (SSSR count). The van der Waals surface area contributed by atoms with Gasteiger partial charge >= 0.3 is 5.97 Å². The van der Waals surface area contributed by atoms with Crippen LogP contribution in [0, 0.1) is 28.6 Å². The largest absolute Gasteiger partial charge is 0.498 e. The van der Waals surface area contributed by atoms with Gasteiger partial charge in [0.15, 0.2) is 11.4 Å². The Morgan fingerprint density at radius 2 is 1.83 bits per heavy atom. The lowest BCUT2D eigenvalue weighted by molar-refractivity contribution is -0.186. The van der Waals surface area contributed by atoms with Crippen molar-refractivity contribution in [3.05, 3.63) is 23.5 Å². The first-order chi connectivity index (χ1) is 13.7. The molecule has 0 bridgehead atoms. The van der Waals surface area contributed by atoms with Gasteiger partial charge in [-0.15, -0.1) is 0 Å². The summed E-state index contributed by atoms with van der Waals surface area (Å²) in [5.74, 6) is 2.43. The second-order valence-corrected chi connectivity index (χ2v) is 10.2. The van der Waals surface area contributed by atoms with E-state index in [0.717, 1.165) is 50.9 Å². The molecule has 2 saturated carbocycles. The maximum Gasteiger partial charge on any atom is 0.303 e. The molecule has 4 aliphatic carbocycles. The Kier molecular flexibility index (Phi) is 4.99. The van der Waals surface area contributed by atoms with Gasteiger partial charge in [0.25, 0.3) is 0 Å². The van der Waals surface area contributed by atoms with Crippen molar-refractivity contribution >= 4 is 11.8 Å². The zero-order valence-corrected chi connectivity index (χ0v) is 18.7. The number of hydrogen-bond donors (Lipinski definition) is 0. The second kappa shape index (κ2) is 6.99. The number of Topliss-reactive ketones (excluding diaryl/α,β-unsaturated/α-hetero) is 1. The molecule has 160 valence electrons. The molecule has 4 heteroatoms. The molecule has 29 heavy (non-hydrogen) atoms. The summed E-state index contributed by atoms with van der Waals surface area (Å²) >= 11 is 0. The van der Waals surface area contributed by atoms with Gasteiger partial charge in [0.05, 0.1) is 12.4 Å². The van der Waals surface area contributed by atoms with Crippen LogP contribution in [-0.4, -0.2) is 24.0 Å². The highest BCUT2D eigenvalue weighted by Gasteiger charge is 2.67. The van der Waals surface area contributed by atoms with Crippen molar-refractivity contribution in [2.45, 2.75) is 85.2 Å². The highest BCUT2D eigenvalue weighted by molar-refractivity contribution is 5.89. The second-order valence-electron chi connectivity index (χ2n) is 10.2. The Bertz CT molecular complexity index is 780. The summed E-state index contributed by atoms with van der Waals surface area (Å²) in [6, 6.07) is 0. The Hall–Kier alpha value is -1.58. The molecule has 0 aromatic carbocycles. The molecule has 0 unspecified atom stereocenters. The normalized spacial score (nSPS) is 43.3. The minimum absolute atomic E-state index is 0.0244. The quantitative estimate of drug-likeness (QED) is 0.595. The highest BCUT2D eigenvalue weighted by Crippen LogP contribution is 2.67. The molecule has 0 heterocycles. The number of fused-ring (bicyclic) bond motifs is 5. The van der Waals surface area contributed by atoms with Crippen molar-refractivity contribution in [3.63, 3.8) is 0 Å². The smallest absolute Gasteiger partial charge is 0.303 e. The summed E-state index contributed by atoms with van der Waals surface area (Å²) in [4.78, 5) is 24.7. The van der Waals surface area contributed by atoms with Crippen molar-refractivity contribution < 1.29 is 19.1 Å². The molecule has 0 aliphatic heterocycles. The Morgan fingerprint density at radius 1 is 1.10 bits per heavy atom. The number of carbonyl (C=O) groups excluding carboxylic acids is 2. The SMILES string of the molecule is CCOC1=CC2=CC[C@@H]3[C@H](CC[C@]4(C)[C@H]3CC[C@]4(OC(C)=O)C(C)=O)[C@@]2(C)CC1. The van der Waals surface area contributed by atoms with E-state index in [1.54, 1.807) is 6.92 Å². The summed E-state index contributed by atoms with van der Waals surface area (Å²) in [5.41, 5.74) is 0.448. The molecule has 0 spiro atoms. The molecular weight excluding hydrogens is 364 g/mol. The predicted octanol–water partition coefficient (Wildman–Crippen LogP) is 5.37. The number of rotatable bonds is 4. The van der Waals surface area contributed by atoms with Gasteiger partial charge in [-0.3, -0.25) is 9.59 Å². The third kappa shape index (κ3) is 2.84. The molecule has 0 saturated heterocycles. The minimum atomic E-state index is -0.937. The molecule has 2 fully saturated rings. The van der Waals surface area contributed by atoms with Crippen LogP contribution in [0.5, 0.6) is 0 Å². The summed E-state index contributed by atoms with van der Waals surface area (Å²) in [6.07, 6.45) is 11.6. The number of ketones is 1. The van der Waals surface area contributed by atoms with Gasteiger partial charge in [-0.1, -0.05) is 19.9 Å². The molecule has 6 atom stereocenters. The Labute approximate surface area is 175 Å². The molecule has 4 aliphatic rings. The lowest BCUT2D eigenvalue weighted by atomic mass is 9.47. The summed E-state index contributed by atoms with van der Waals surface area (Å²) < 4.78 is 11.7. The van der Waals surface area contributed by atoms with Crippen LogP contribution in [0.4, 0.5) is 0 Å². The van der Waals surface area contributed by atoms with E-state index in [9.17, 15) is 9.59 Å². The van der Waals surface area contributed by atoms with Crippen LogP contribution in [0.1, 0.15) is 79.6 Å². The molecule has 4 nitrogen and oxygen atoms in total. The van der Waals surface area contributed by atoms with E-state index in [-0.39, 0.29) is 22.6 Å². The third-order valence-electron chi connectivity index (χ3n) is 9.07. The van der Waals surface area contributed by atoms with Crippen LogP contribution >= 0.6 is 0 Å². The number of hydrogen-bond acceptors (Lipinski definition) is 4. The van der Waals surface area contributed by atoms with Crippen molar-refractivity contribution in [3.8, 4) is 0 Å². The van der Waals surface area contributed by atoms with Crippen LogP contribution in [0.3, 0.4) is 0 Å². The van der Waals surface area contributed by atoms with Gasteiger partial charge in [-0.05, 0) is 87.2 Å². The summed E-state index contributed by atoms with van der Waals surface area (Å²) in [6.45, 7) is 10.5. The van der Waals surface area contributed by atoms with Crippen LogP contribution in [0.25, 0.3) is 0 Å². The van der Waals surface area contributed by atoms with E-state index < -0.39 is 5.60 Å². The fourth-order valence-electron chi connectivity index (χ4n) is 7.66. The van der Waals surface area contributed by atoms with Gasteiger partial charge in [0, 0.05) is 18.8 Å². The predicted molar refractivity (Wildman–Crippen MR) is 112 cm³/mol. The first-order valence-electron chi connectivity index (χ1n) is 11.4. The van der Waals surface area contributed by atoms with Gasteiger partial charge in [0.2, 0.25) is 0 Å². The molecule has 0 N–H and O–H groups in total. The number of carbonyl (C=O) groups is 2. The van der Waals surface area contributed by atoms with Gasteiger partial charge in [-0.2, -0.15) is 0 Å². The van der Waals surface area contributed by atoms with E-state index in [1.165, 1.54) is 12.5 Å². The van der Waals surface area contributed by atoms with Gasteiger partial charge in [-0.25, -0.2) is 0 Å². The van der Waals surface area contributed by atoms with Crippen molar-refractivity contribution in [1.82, 2.24) is 0 Å². The monoisotopic (exact) mass is 400 g/mol. The van der Waals surface area contributed by atoms with Gasteiger partial charge in [0.1, 0.15) is 0 Å². The van der Waals surface area contributed by atoms with Crippen molar-refractivity contribution in [2.24, 2.45) is 28.6 Å². The van der Waals surface area contributed by atoms with Crippen LogP contribution < -0.4 is 0 Å². The molecule has 0 aromatic heterocycles. The first-order valence-corrected chi connectivity index (χ1v) is 11.4. The van der Waals surface area contributed by atoms with E-state index >= 15 is 0 Å². The number of allylic oxidation sites excluding steroid dienone is 4. The van der Waals surface area contributed by atoms with Crippen LogP contribution in [0.15, 0.2) is 23.5 Å². The lowest BCUT2D eigenvalue weighted by Crippen LogP contribution is -2.58. The fraction of sp³-hybridized carbons (Fsp3) is 0.760. The maximum atomic E-state index is 12.8. The first kappa shape index (κ1) is 20.7. The minimum Gasteiger partial charge on any atom is -0.498 e. The van der Waals surface area contributed by atoms with E-state index in [0.29, 0.717) is 24.2 Å². The van der Waals surface area contributed by atoms with Crippen molar-refractivity contribution in [2.75, 3.05) is 6.61 Å². The lowest BCUT2D eigenvalue weighted by Gasteiger charge is -2.58. The summed E-state index contributed by atoms with van der Waals surface area (Å²) in [7, 11) is 0. The number of ether oxygens (including phenoxy) is 2. The van der Waals surface area contributed by atoms with E-state index in [1.807, 2.05) is 6.92 Å². The topological polar surface area (TPSA) is 52.6 Å². The van der Waals surface area contributed by atoms with Crippen molar-refractivity contribution in [1.29, 1.82) is 0 Å².